The van der Waals surface area contributed by atoms with Crippen molar-refractivity contribution in [1.29, 1.82) is 0 Å². The first-order valence-corrected chi connectivity index (χ1v) is 11.4. The first kappa shape index (κ1) is 20.3. The highest BCUT2D eigenvalue weighted by Gasteiger charge is 2.17. The minimum atomic E-state index is -0.831. The predicted molar refractivity (Wildman–Crippen MR) is 130 cm³/mol. The summed E-state index contributed by atoms with van der Waals surface area (Å²) in [5.41, 5.74) is 6.23. The number of fused-ring (bicyclic) bond motifs is 2. The van der Waals surface area contributed by atoms with Gasteiger partial charge >= 0.3 is 5.97 Å². The van der Waals surface area contributed by atoms with E-state index in [2.05, 4.69) is 35.5 Å². The van der Waals surface area contributed by atoms with Gasteiger partial charge in [-0.2, -0.15) is 0 Å². The third-order valence-electron chi connectivity index (χ3n) is 5.72. The van der Waals surface area contributed by atoms with Gasteiger partial charge in [0.15, 0.2) is 0 Å². The summed E-state index contributed by atoms with van der Waals surface area (Å²) < 4.78 is 7.22. The Bertz CT molecular complexity index is 1420. The van der Waals surface area contributed by atoms with Gasteiger partial charge in [0, 0.05) is 33.8 Å². The molecule has 0 aliphatic rings. The van der Waals surface area contributed by atoms with Crippen LogP contribution in [0.15, 0.2) is 72.1 Å². The lowest BCUT2D eigenvalue weighted by Crippen LogP contribution is -2.03. The van der Waals surface area contributed by atoms with Crippen LogP contribution in [-0.4, -0.2) is 16.1 Å². The van der Waals surface area contributed by atoms with Crippen LogP contribution in [0.3, 0.4) is 0 Å². The molecule has 0 amide bonds. The van der Waals surface area contributed by atoms with Crippen molar-refractivity contribution in [3.63, 3.8) is 0 Å². The van der Waals surface area contributed by atoms with E-state index in [1.807, 2.05) is 48.5 Å². The lowest BCUT2D eigenvalue weighted by atomic mass is 10.0. The van der Waals surface area contributed by atoms with Crippen molar-refractivity contribution in [2.45, 2.75) is 26.4 Å². The van der Waals surface area contributed by atoms with Gasteiger partial charge in [-0.05, 0) is 52.6 Å². The Balaban J connectivity index is 1.49. The number of aliphatic carboxylic acids is 1. The molecule has 2 N–H and O–H groups in total. The first-order chi connectivity index (χ1) is 15.6. The molecule has 0 saturated heterocycles. The summed E-state index contributed by atoms with van der Waals surface area (Å²) in [4.78, 5) is 15.1. The Morgan fingerprint density at radius 3 is 2.69 bits per heavy atom. The Labute approximate surface area is 190 Å². The molecule has 5 heteroatoms. The van der Waals surface area contributed by atoms with Crippen LogP contribution in [0.25, 0.3) is 21.0 Å². The lowest BCUT2D eigenvalue weighted by molar-refractivity contribution is -0.136. The number of aromatic nitrogens is 1. The topological polar surface area (TPSA) is 62.3 Å². The van der Waals surface area contributed by atoms with Gasteiger partial charge in [-0.1, -0.05) is 48.0 Å². The molecule has 2 heterocycles. The third kappa shape index (κ3) is 4.12. The van der Waals surface area contributed by atoms with Crippen LogP contribution in [0.1, 0.15) is 27.9 Å². The highest BCUT2D eigenvalue weighted by atomic mass is 32.1. The monoisotopic (exact) mass is 441 g/mol. The van der Waals surface area contributed by atoms with Crippen LogP contribution in [0.2, 0.25) is 0 Å². The molecular weight excluding hydrogens is 418 g/mol. The van der Waals surface area contributed by atoms with E-state index in [-0.39, 0.29) is 6.42 Å². The number of hydrogen-bond donors (Lipinski definition) is 2. The van der Waals surface area contributed by atoms with Gasteiger partial charge in [-0.25, -0.2) is 0 Å². The van der Waals surface area contributed by atoms with Crippen LogP contribution < -0.4 is 4.74 Å². The Hall–Kier alpha value is -3.57. The number of rotatable bonds is 7. The SMILES string of the molecule is Cc1ccc2scc(Cc3[nH]c4cc(OCc5ccccc5)ccc4c3CC(=O)O)c2c1. The fraction of sp³-hybridized carbons (Fsp3) is 0.148. The highest BCUT2D eigenvalue weighted by molar-refractivity contribution is 7.17. The first-order valence-electron chi connectivity index (χ1n) is 10.6. The normalized spacial score (nSPS) is 11.3. The summed E-state index contributed by atoms with van der Waals surface area (Å²) >= 11 is 1.73. The number of carboxylic acid groups (broad SMARTS) is 1. The van der Waals surface area contributed by atoms with E-state index < -0.39 is 5.97 Å². The predicted octanol–water partition coefficient (Wildman–Crippen LogP) is 6.49. The maximum Gasteiger partial charge on any atom is 0.307 e. The van der Waals surface area contributed by atoms with E-state index in [0.29, 0.717) is 13.0 Å². The number of H-pyrrole nitrogens is 1. The molecule has 3 aromatic carbocycles. The van der Waals surface area contributed by atoms with E-state index in [9.17, 15) is 9.90 Å². The van der Waals surface area contributed by atoms with Crippen LogP contribution >= 0.6 is 11.3 Å². The summed E-state index contributed by atoms with van der Waals surface area (Å²) in [5.74, 6) is -0.0739. The van der Waals surface area contributed by atoms with Crippen LogP contribution in [0, 0.1) is 6.92 Å². The molecule has 0 spiro atoms. The smallest absolute Gasteiger partial charge is 0.307 e. The van der Waals surface area contributed by atoms with Crippen molar-refractivity contribution in [2.75, 3.05) is 0 Å². The number of hydrogen-bond acceptors (Lipinski definition) is 3. The number of nitrogens with one attached hydrogen (secondary N) is 1. The summed E-state index contributed by atoms with van der Waals surface area (Å²) in [7, 11) is 0. The summed E-state index contributed by atoms with van der Waals surface area (Å²) in [5, 5.41) is 13.9. The van der Waals surface area contributed by atoms with Crippen molar-refractivity contribution in [3.8, 4) is 5.75 Å². The van der Waals surface area contributed by atoms with Crippen molar-refractivity contribution in [2.24, 2.45) is 0 Å². The zero-order valence-corrected chi connectivity index (χ0v) is 18.5. The Kier molecular flexibility index (Phi) is 5.41. The number of aryl methyl sites for hydroxylation is 1. The molecule has 0 aliphatic heterocycles. The van der Waals surface area contributed by atoms with Crippen molar-refractivity contribution in [1.82, 2.24) is 4.98 Å². The number of benzene rings is 3. The molecule has 0 fully saturated rings. The summed E-state index contributed by atoms with van der Waals surface area (Å²) in [6.07, 6.45) is 0.654. The maximum atomic E-state index is 11.6. The van der Waals surface area contributed by atoms with E-state index in [1.165, 1.54) is 21.2 Å². The molecule has 160 valence electrons. The second kappa shape index (κ2) is 8.52. The highest BCUT2D eigenvalue weighted by Crippen LogP contribution is 2.32. The van der Waals surface area contributed by atoms with Crippen molar-refractivity contribution in [3.05, 3.63) is 100 Å². The molecule has 0 unspecified atom stereocenters. The largest absolute Gasteiger partial charge is 0.489 e. The van der Waals surface area contributed by atoms with Gasteiger partial charge in [0.2, 0.25) is 0 Å². The van der Waals surface area contributed by atoms with E-state index in [1.54, 1.807) is 11.3 Å². The van der Waals surface area contributed by atoms with Crippen molar-refractivity contribution >= 4 is 38.3 Å². The van der Waals surface area contributed by atoms with Crippen LogP contribution in [0.5, 0.6) is 5.75 Å². The Morgan fingerprint density at radius 2 is 1.88 bits per heavy atom. The zero-order valence-electron chi connectivity index (χ0n) is 17.7. The quantitative estimate of drug-likeness (QED) is 0.303. The molecule has 0 radical (unpaired) electrons. The fourth-order valence-corrected chi connectivity index (χ4v) is 5.09. The molecule has 5 rings (SSSR count). The van der Waals surface area contributed by atoms with E-state index >= 15 is 0 Å². The maximum absolute atomic E-state index is 11.6. The van der Waals surface area contributed by atoms with Gasteiger partial charge in [0.05, 0.1) is 6.42 Å². The van der Waals surface area contributed by atoms with Crippen molar-refractivity contribution < 1.29 is 14.6 Å². The van der Waals surface area contributed by atoms with E-state index in [4.69, 9.17) is 4.74 Å². The zero-order chi connectivity index (χ0) is 22.1. The molecule has 5 aromatic rings. The van der Waals surface area contributed by atoms with Crippen LogP contribution in [0.4, 0.5) is 0 Å². The van der Waals surface area contributed by atoms with Gasteiger partial charge in [-0.15, -0.1) is 11.3 Å². The van der Waals surface area contributed by atoms with Gasteiger partial charge in [-0.3, -0.25) is 4.79 Å². The molecule has 2 aromatic heterocycles. The van der Waals surface area contributed by atoms with Crippen LogP contribution in [-0.2, 0) is 24.2 Å². The minimum Gasteiger partial charge on any atom is -0.489 e. The molecule has 0 aliphatic carbocycles. The average molecular weight is 442 g/mol. The average Bonchev–Trinajstić information content (AvgIpc) is 3.33. The summed E-state index contributed by atoms with van der Waals surface area (Å²) in [6.45, 7) is 2.58. The van der Waals surface area contributed by atoms with Gasteiger partial charge < -0.3 is 14.8 Å². The second-order valence-corrected chi connectivity index (χ2v) is 8.98. The lowest BCUT2D eigenvalue weighted by Gasteiger charge is -2.06. The number of aromatic amines is 1. The number of carbonyl (C=O) groups is 1. The standard InChI is InChI=1S/C27H23NO3S/c1-17-7-10-26-22(11-17)19(16-32-26)12-24-23(14-27(29)30)21-9-8-20(13-25(21)28-24)31-15-18-5-3-2-4-6-18/h2-11,13,16,28H,12,14-15H2,1H3,(H,29,30). The molecule has 0 bridgehead atoms. The molecule has 32 heavy (non-hydrogen) atoms. The number of thiophene rings is 1. The molecular formula is C27H23NO3S. The Morgan fingerprint density at radius 1 is 1.03 bits per heavy atom. The molecule has 4 nitrogen and oxygen atoms in total. The number of carboxylic acids is 1. The second-order valence-electron chi connectivity index (χ2n) is 8.07. The minimum absolute atomic E-state index is 0.0132. The van der Waals surface area contributed by atoms with Gasteiger partial charge in [0.25, 0.3) is 0 Å². The third-order valence-corrected chi connectivity index (χ3v) is 6.73. The van der Waals surface area contributed by atoms with E-state index in [0.717, 1.165) is 33.5 Å². The summed E-state index contributed by atoms with van der Waals surface area (Å²) in [6, 6.07) is 22.3. The fourth-order valence-electron chi connectivity index (χ4n) is 4.15. The number of ether oxygens (including phenoxy) is 1. The molecule has 0 atom stereocenters. The molecule has 0 saturated carbocycles. The van der Waals surface area contributed by atoms with Gasteiger partial charge in [0.1, 0.15) is 12.4 Å².